The van der Waals surface area contributed by atoms with E-state index in [0.29, 0.717) is 6.61 Å². The van der Waals surface area contributed by atoms with Gasteiger partial charge in [0.1, 0.15) is 12.6 Å². The molecule has 7 heteroatoms. The van der Waals surface area contributed by atoms with Gasteiger partial charge in [-0.3, -0.25) is 9.35 Å². The van der Waals surface area contributed by atoms with Gasteiger partial charge in [0.25, 0.3) is 10.1 Å². The second-order valence-electron chi connectivity index (χ2n) is 6.53. The second-order valence-corrected chi connectivity index (χ2v) is 7.95. The average molecular weight is 408 g/mol. The van der Waals surface area contributed by atoms with Gasteiger partial charge in [0, 0.05) is 0 Å². The maximum atomic E-state index is 11.9. The van der Waals surface area contributed by atoms with Gasteiger partial charge in [0.15, 0.2) is 0 Å². The summed E-state index contributed by atoms with van der Waals surface area (Å²) in [6.07, 6.45) is 0.950. The Morgan fingerprint density at radius 2 is 1.68 bits per heavy atom. The van der Waals surface area contributed by atoms with E-state index in [0.717, 1.165) is 17.5 Å². The maximum Gasteiger partial charge on any atom is 0.323 e. The monoisotopic (exact) mass is 407 g/mol. The van der Waals surface area contributed by atoms with E-state index in [2.05, 4.69) is 12.2 Å². The van der Waals surface area contributed by atoms with Crippen LogP contribution in [0.3, 0.4) is 0 Å². The summed E-state index contributed by atoms with van der Waals surface area (Å²) in [5.41, 5.74) is 1.97. The number of carbonyl (C=O) groups excluding carboxylic acids is 1. The van der Waals surface area contributed by atoms with Gasteiger partial charge >= 0.3 is 5.97 Å². The highest BCUT2D eigenvalue weighted by molar-refractivity contribution is 7.85. The molecule has 0 aliphatic heterocycles. The number of esters is 1. The van der Waals surface area contributed by atoms with Crippen LogP contribution in [-0.2, 0) is 26.3 Å². The lowest BCUT2D eigenvalue weighted by Crippen LogP contribution is -2.40. The number of rotatable bonds is 7. The van der Waals surface area contributed by atoms with Gasteiger partial charge in [-0.25, -0.2) is 0 Å². The number of nitrogens with one attached hydrogen (secondary N) is 1. The number of likely N-dealkylation sites (N-methyl/N-ethyl adjacent to an activating group) is 1. The van der Waals surface area contributed by atoms with Gasteiger partial charge in [-0.05, 0) is 37.6 Å². The first-order valence-electron chi connectivity index (χ1n) is 9.11. The molecule has 2 aromatic rings. The molecule has 2 aromatic carbocycles. The molecule has 0 aromatic heterocycles. The summed E-state index contributed by atoms with van der Waals surface area (Å²) in [6.45, 7) is 6.30. The van der Waals surface area contributed by atoms with E-state index < -0.39 is 10.1 Å². The normalized spacial score (nSPS) is 13.0. The van der Waals surface area contributed by atoms with Crippen LogP contribution in [0, 0.1) is 12.8 Å². The zero-order chi connectivity index (χ0) is 21.2. The number of aryl methyl sites for hydroxylation is 1. The molecule has 154 valence electrons. The Bertz CT molecular complexity index is 820. The van der Waals surface area contributed by atoms with Crippen molar-refractivity contribution in [3.8, 4) is 0 Å². The molecule has 2 unspecified atom stereocenters. The molecule has 2 rings (SSSR count). The molecule has 2 N–H and O–H groups in total. The number of hydrogen-bond acceptors (Lipinski definition) is 5. The van der Waals surface area contributed by atoms with E-state index in [1.54, 1.807) is 19.2 Å². The molecule has 0 saturated carbocycles. The van der Waals surface area contributed by atoms with E-state index in [-0.39, 0.29) is 22.8 Å². The first-order chi connectivity index (χ1) is 13.2. The average Bonchev–Trinajstić information content (AvgIpc) is 2.67. The van der Waals surface area contributed by atoms with Crippen LogP contribution < -0.4 is 5.32 Å². The van der Waals surface area contributed by atoms with E-state index in [9.17, 15) is 13.2 Å². The SMILES string of the molecule is CCC(C)C(NC)C(=O)OCc1ccccc1.Cc1ccc(S(=O)(=O)O)cc1. The molecule has 0 radical (unpaired) electrons. The summed E-state index contributed by atoms with van der Waals surface area (Å²) >= 11 is 0. The largest absolute Gasteiger partial charge is 0.460 e. The molecule has 0 saturated heterocycles. The van der Waals surface area contributed by atoms with E-state index >= 15 is 0 Å². The minimum atomic E-state index is -4.02. The second kappa shape index (κ2) is 11.6. The van der Waals surface area contributed by atoms with Crippen LogP contribution in [0.2, 0.25) is 0 Å². The Hall–Kier alpha value is -2.22. The molecule has 0 aliphatic rings. The highest BCUT2D eigenvalue weighted by Crippen LogP contribution is 2.10. The Morgan fingerprint density at radius 3 is 2.14 bits per heavy atom. The third-order valence-corrected chi connectivity index (χ3v) is 5.19. The van der Waals surface area contributed by atoms with Gasteiger partial charge < -0.3 is 10.1 Å². The minimum absolute atomic E-state index is 0.0666. The summed E-state index contributed by atoms with van der Waals surface area (Å²) in [7, 11) is -2.23. The van der Waals surface area contributed by atoms with Crippen molar-refractivity contribution in [3.63, 3.8) is 0 Å². The lowest BCUT2D eigenvalue weighted by Gasteiger charge is -2.20. The molecule has 0 bridgehead atoms. The smallest absolute Gasteiger partial charge is 0.323 e. The standard InChI is InChI=1S/C14H21NO2.C7H8O3S/c1-4-11(2)13(15-3)14(16)17-10-12-8-6-5-7-9-12;1-6-2-4-7(5-3-6)11(8,9)10/h5-9,11,13,15H,4,10H2,1-3H3;2-5H,1H3,(H,8,9,10). The zero-order valence-electron chi connectivity index (χ0n) is 16.8. The van der Waals surface area contributed by atoms with Crippen molar-refractivity contribution < 1.29 is 22.5 Å². The van der Waals surface area contributed by atoms with Gasteiger partial charge in [0.05, 0.1) is 4.90 Å². The third-order valence-electron chi connectivity index (χ3n) is 4.32. The lowest BCUT2D eigenvalue weighted by molar-refractivity contribution is -0.148. The van der Waals surface area contributed by atoms with Crippen LogP contribution in [0.15, 0.2) is 59.5 Å². The Labute approximate surface area is 167 Å². The van der Waals surface area contributed by atoms with Crippen LogP contribution in [0.5, 0.6) is 0 Å². The van der Waals surface area contributed by atoms with Crippen LogP contribution >= 0.6 is 0 Å². The number of ether oxygens (including phenoxy) is 1. The fourth-order valence-electron chi connectivity index (χ4n) is 2.40. The minimum Gasteiger partial charge on any atom is -0.460 e. The maximum absolute atomic E-state index is 11.9. The summed E-state index contributed by atoms with van der Waals surface area (Å²) in [5.74, 6) is 0.106. The molecule has 28 heavy (non-hydrogen) atoms. The molecule has 6 nitrogen and oxygen atoms in total. The van der Waals surface area contributed by atoms with Gasteiger partial charge in [0.2, 0.25) is 0 Å². The van der Waals surface area contributed by atoms with Gasteiger partial charge in [-0.15, -0.1) is 0 Å². The van der Waals surface area contributed by atoms with Crippen LogP contribution in [0.1, 0.15) is 31.4 Å². The summed E-state index contributed by atoms with van der Waals surface area (Å²) < 4.78 is 34.9. The molecule has 2 atom stereocenters. The van der Waals surface area contributed by atoms with Crippen LogP contribution in [0.25, 0.3) is 0 Å². The molecule has 0 heterocycles. The summed E-state index contributed by atoms with van der Waals surface area (Å²) in [5, 5.41) is 3.01. The highest BCUT2D eigenvalue weighted by Gasteiger charge is 2.23. The molecule has 0 fully saturated rings. The van der Waals surface area contributed by atoms with Gasteiger partial charge in [-0.1, -0.05) is 68.3 Å². The Balaban J connectivity index is 0.000000307. The summed E-state index contributed by atoms with van der Waals surface area (Å²) in [4.78, 5) is 11.8. The third kappa shape index (κ3) is 8.21. The fourth-order valence-corrected chi connectivity index (χ4v) is 2.88. The number of carbonyl (C=O) groups is 1. The van der Waals surface area contributed by atoms with Crippen LogP contribution in [-0.4, -0.2) is 32.0 Å². The first-order valence-corrected chi connectivity index (χ1v) is 10.5. The molecule has 0 amide bonds. The molecule has 0 aliphatic carbocycles. The highest BCUT2D eigenvalue weighted by atomic mass is 32.2. The Morgan fingerprint density at radius 1 is 1.11 bits per heavy atom. The molecule has 0 spiro atoms. The van der Waals surface area contributed by atoms with Crippen molar-refractivity contribution in [1.29, 1.82) is 0 Å². The van der Waals surface area contributed by atoms with Crippen LogP contribution in [0.4, 0.5) is 0 Å². The van der Waals surface area contributed by atoms with E-state index in [1.165, 1.54) is 12.1 Å². The fraction of sp³-hybridized carbons (Fsp3) is 0.381. The first kappa shape index (κ1) is 23.8. The topological polar surface area (TPSA) is 92.7 Å². The van der Waals surface area contributed by atoms with Crippen molar-refractivity contribution in [3.05, 3.63) is 65.7 Å². The van der Waals surface area contributed by atoms with E-state index in [1.807, 2.05) is 44.2 Å². The quantitative estimate of drug-likeness (QED) is 0.538. The number of benzene rings is 2. The predicted molar refractivity (Wildman–Crippen MR) is 110 cm³/mol. The lowest BCUT2D eigenvalue weighted by atomic mass is 10.00. The van der Waals surface area contributed by atoms with Crippen molar-refractivity contribution >= 4 is 16.1 Å². The Kier molecular flexibility index (Phi) is 9.85. The van der Waals surface area contributed by atoms with Crippen molar-refractivity contribution in [2.24, 2.45) is 5.92 Å². The van der Waals surface area contributed by atoms with Crippen molar-refractivity contribution in [2.75, 3.05) is 7.05 Å². The zero-order valence-corrected chi connectivity index (χ0v) is 17.6. The number of hydrogen-bond donors (Lipinski definition) is 2. The van der Waals surface area contributed by atoms with Crippen molar-refractivity contribution in [1.82, 2.24) is 5.32 Å². The summed E-state index contributed by atoms with van der Waals surface area (Å²) in [6, 6.07) is 15.5. The van der Waals surface area contributed by atoms with E-state index in [4.69, 9.17) is 9.29 Å². The van der Waals surface area contributed by atoms with Crippen molar-refractivity contribution in [2.45, 2.75) is 44.7 Å². The molecular weight excluding hydrogens is 378 g/mol. The predicted octanol–water partition coefficient (Wildman–Crippen LogP) is 3.61. The molecular formula is C21H29NO5S. The van der Waals surface area contributed by atoms with Gasteiger partial charge in [-0.2, -0.15) is 8.42 Å².